The molecule has 1 heterocycles. The van der Waals surface area contributed by atoms with Crippen LogP contribution in [0.3, 0.4) is 0 Å². The van der Waals surface area contributed by atoms with Crippen LogP contribution in [0.5, 0.6) is 5.75 Å². The SMILES string of the molecule is COc1cccc(NCc2nnc(SCC(=O)N(C)Cc3ccccc3C)n2C2CCCCC2)c1. The molecule has 1 aromatic heterocycles. The Morgan fingerprint density at radius 2 is 1.94 bits per heavy atom. The van der Waals surface area contributed by atoms with Crippen molar-refractivity contribution >= 4 is 23.4 Å². The van der Waals surface area contributed by atoms with E-state index in [0.29, 0.717) is 24.9 Å². The minimum Gasteiger partial charge on any atom is -0.497 e. The van der Waals surface area contributed by atoms with Crippen molar-refractivity contribution in [2.45, 2.75) is 63.3 Å². The molecule has 1 aliphatic rings. The first-order chi connectivity index (χ1) is 17.0. The molecule has 1 fully saturated rings. The molecule has 7 nitrogen and oxygen atoms in total. The number of anilines is 1. The van der Waals surface area contributed by atoms with Crippen LogP contribution in [0, 0.1) is 6.92 Å². The number of nitrogens with one attached hydrogen (secondary N) is 1. The second-order valence-electron chi connectivity index (χ2n) is 9.11. The van der Waals surface area contributed by atoms with E-state index in [1.54, 1.807) is 12.0 Å². The number of carbonyl (C=O) groups excluding carboxylic acids is 1. The summed E-state index contributed by atoms with van der Waals surface area (Å²) in [6.07, 6.45) is 5.96. The van der Waals surface area contributed by atoms with Gasteiger partial charge in [0.2, 0.25) is 5.91 Å². The predicted octanol–water partition coefficient (Wildman–Crippen LogP) is 5.46. The standard InChI is InChI=1S/C27H35N5O2S/c1-20-10-7-8-11-21(20)18-31(2)26(33)19-35-27-30-29-25(32(27)23-13-5-4-6-14-23)17-28-22-12-9-15-24(16-22)34-3/h7-12,15-16,23,28H,4-6,13-14,17-19H2,1-3H3. The molecule has 0 atom stereocenters. The lowest BCUT2D eigenvalue weighted by molar-refractivity contribution is -0.127. The molecule has 0 radical (unpaired) electrons. The van der Waals surface area contributed by atoms with E-state index >= 15 is 0 Å². The summed E-state index contributed by atoms with van der Waals surface area (Å²) in [5, 5.41) is 13.3. The summed E-state index contributed by atoms with van der Waals surface area (Å²) in [7, 11) is 3.53. The van der Waals surface area contributed by atoms with E-state index in [9.17, 15) is 4.79 Å². The average Bonchev–Trinajstić information content (AvgIpc) is 3.30. The van der Waals surface area contributed by atoms with E-state index in [0.717, 1.165) is 35.3 Å². The highest BCUT2D eigenvalue weighted by Crippen LogP contribution is 2.33. The Balaban J connectivity index is 1.44. The number of benzene rings is 2. The number of aryl methyl sites for hydroxylation is 1. The summed E-state index contributed by atoms with van der Waals surface area (Å²) < 4.78 is 7.60. The van der Waals surface area contributed by atoms with Crippen molar-refractivity contribution in [2.75, 3.05) is 25.2 Å². The molecular weight excluding hydrogens is 458 g/mol. The molecule has 4 rings (SSSR count). The predicted molar refractivity (Wildman–Crippen MR) is 141 cm³/mol. The van der Waals surface area contributed by atoms with E-state index < -0.39 is 0 Å². The van der Waals surface area contributed by atoms with Crippen LogP contribution in [0.15, 0.2) is 53.7 Å². The van der Waals surface area contributed by atoms with Crippen LogP contribution >= 0.6 is 11.8 Å². The molecule has 2 aromatic carbocycles. The van der Waals surface area contributed by atoms with E-state index in [-0.39, 0.29) is 5.91 Å². The van der Waals surface area contributed by atoms with Crippen LogP contribution in [0.1, 0.15) is 55.1 Å². The molecule has 0 aliphatic heterocycles. The summed E-state index contributed by atoms with van der Waals surface area (Å²) in [6.45, 7) is 3.26. The summed E-state index contributed by atoms with van der Waals surface area (Å²) >= 11 is 1.49. The van der Waals surface area contributed by atoms with Crippen LogP contribution < -0.4 is 10.1 Å². The zero-order valence-electron chi connectivity index (χ0n) is 20.9. The minimum absolute atomic E-state index is 0.0903. The number of carbonyl (C=O) groups is 1. The number of hydrogen-bond acceptors (Lipinski definition) is 6. The number of nitrogens with zero attached hydrogens (tertiary/aromatic N) is 4. The monoisotopic (exact) mass is 493 g/mol. The highest BCUT2D eigenvalue weighted by atomic mass is 32.2. The smallest absolute Gasteiger partial charge is 0.233 e. The Morgan fingerprint density at radius 1 is 1.14 bits per heavy atom. The van der Waals surface area contributed by atoms with Gasteiger partial charge in [0, 0.05) is 31.4 Å². The van der Waals surface area contributed by atoms with E-state index in [1.165, 1.54) is 42.2 Å². The number of aromatic nitrogens is 3. The van der Waals surface area contributed by atoms with Crippen LogP contribution in [0.4, 0.5) is 5.69 Å². The third-order valence-corrected chi connectivity index (χ3v) is 7.54. The normalized spacial score (nSPS) is 14.0. The lowest BCUT2D eigenvalue weighted by Crippen LogP contribution is -2.28. The largest absolute Gasteiger partial charge is 0.497 e. The summed E-state index contributed by atoms with van der Waals surface area (Å²) in [5.41, 5.74) is 3.35. The number of methoxy groups -OCH3 is 1. The summed E-state index contributed by atoms with van der Waals surface area (Å²) in [4.78, 5) is 14.7. The Labute approximate surface area is 212 Å². The maximum atomic E-state index is 12.9. The van der Waals surface area contributed by atoms with E-state index in [1.807, 2.05) is 43.4 Å². The molecule has 1 saturated carbocycles. The molecule has 8 heteroatoms. The van der Waals surface area contributed by atoms with Gasteiger partial charge in [-0.25, -0.2) is 0 Å². The van der Waals surface area contributed by atoms with Crippen LogP contribution in [-0.2, 0) is 17.9 Å². The molecule has 3 aromatic rings. The van der Waals surface area contributed by atoms with Crippen molar-refractivity contribution in [2.24, 2.45) is 0 Å². The maximum Gasteiger partial charge on any atom is 0.233 e. The Bertz CT molecular complexity index is 1130. The number of ether oxygens (including phenoxy) is 1. The first kappa shape index (κ1) is 25.1. The van der Waals surface area contributed by atoms with Gasteiger partial charge < -0.3 is 19.5 Å². The van der Waals surface area contributed by atoms with Gasteiger partial charge in [0.15, 0.2) is 11.0 Å². The Kier molecular flexibility index (Phi) is 8.69. The van der Waals surface area contributed by atoms with Gasteiger partial charge in [-0.3, -0.25) is 4.79 Å². The van der Waals surface area contributed by atoms with Gasteiger partial charge in [-0.2, -0.15) is 0 Å². The Hall–Kier alpha value is -3.00. The highest BCUT2D eigenvalue weighted by Gasteiger charge is 2.24. The second-order valence-corrected chi connectivity index (χ2v) is 10.1. The number of thioether (sulfide) groups is 1. The third-order valence-electron chi connectivity index (χ3n) is 6.61. The molecule has 35 heavy (non-hydrogen) atoms. The van der Waals surface area contributed by atoms with Gasteiger partial charge in [-0.05, 0) is 43.0 Å². The lowest BCUT2D eigenvalue weighted by Gasteiger charge is -2.26. The van der Waals surface area contributed by atoms with Gasteiger partial charge in [0.05, 0.1) is 19.4 Å². The first-order valence-corrected chi connectivity index (χ1v) is 13.3. The fraction of sp³-hybridized carbons (Fsp3) is 0.444. The van der Waals surface area contributed by atoms with Crippen molar-refractivity contribution in [3.8, 4) is 5.75 Å². The van der Waals surface area contributed by atoms with Crippen molar-refractivity contribution in [1.82, 2.24) is 19.7 Å². The van der Waals surface area contributed by atoms with Crippen LogP contribution in [0.25, 0.3) is 0 Å². The molecule has 0 unspecified atom stereocenters. The fourth-order valence-electron chi connectivity index (χ4n) is 4.51. The highest BCUT2D eigenvalue weighted by molar-refractivity contribution is 7.99. The first-order valence-electron chi connectivity index (χ1n) is 12.3. The molecule has 1 N–H and O–H groups in total. The maximum absolute atomic E-state index is 12.9. The van der Waals surface area contributed by atoms with Gasteiger partial charge in [-0.1, -0.05) is 61.4 Å². The molecule has 186 valence electrons. The van der Waals surface area contributed by atoms with Crippen LogP contribution in [-0.4, -0.2) is 45.5 Å². The quantitative estimate of drug-likeness (QED) is 0.378. The lowest BCUT2D eigenvalue weighted by atomic mass is 9.95. The molecule has 1 aliphatic carbocycles. The number of rotatable bonds is 10. The molecule has 0 bridgehead atoms. The van der Waals surface area contributed by atoms with Crippen molar-refractivity contribution in [3.05, 3.63) is 65.5 Å². The number of hydrogen-bond donors (Lipinski definition) is 1. The third kappa shape index (κ3) is 6.57. The zero-order valence-corrected chi connectivity index (χ0v) is 21.7. The van der Waals surface area contributed by atoms with Gasteiger partial charge in [-0.15, -0.1) is 10.2 Å². The number of amides is 1. The van der Waals surface area contributed by atoms with E-state index in [4.69, 9.17) is 4.74 Å². The summed E-state index contributed by atoms with van der Waals surface area (Å²) in [6, 6.07) is 16.5. The minimum atomic E-state index is 0.0903. The van der Waals surface area contributed by atoms with Gasteiger partial charge in [0.25, 0.3) is 0 Å². The van der Waals surface area contributed by atoms with Crippen molar-refractivity contribution < 1.29 is 9.53 Å². The summed E-state index contributed by atoms with van der Waals surface area (Å²) in [5.74, 6) is 2.15. The molecule has 0 spiro atoms. The van der Waals surface area contributed by atoms with Gasteiger partial charge in [0.1, 0.15) is 5.75 Å². The van der Waals surface area contributed by atoms with E-state index in [2.05, 4.69) is 39.1 Å². The van der Waals surface area contributed by atoms with Crippen LogP contribution in [0.2, 0.25) is 0 Å². The Morgan fingerprint density at radius 3 is 2.71 bits per heavy atom. The van der Waals surface area contributed by atoms with Crippen molar-refractivity contribution in [3.63, 3.8) is 0 Å². The van der Waals surface area contributed by atoms with Gasteiger partial charge >= 0.3 is 0 Å². The molecule has 0 saturated heterocycles. The fourth-order valence-corrected chi connectivity index (χ4v) is 5.48. The second kappa shape index (κ2) is 12.1. The molecule has 1 amide bonds. The molecular formula is C27H35N5O2S. The van der Waals surface area contributed by atoms with Crippen molar-refractivity contribution in [1.29, 1.82) is 0 Å². The zero-order chi connectivity index (χ0) is 24.6. The average molecular weight is 494 g/mol. The topological polar surface area (TPSA) is 72.3 Å².